The van der Waals surface area contributed by atoms with Gasteiger partial charge in [-0.15, -0.1) is 0 Å². The molecular weight excluding hydrogens is 448 g/mol. The maximum Gasteiger partial charge on any atom is 0.286 e. The third-order valence-corrected chi connectivity index (χ3v) is 6.12. The van der Waals surface area contributed by atoms with E-state index in [0.29, 0.717) is 0 Å². The van der Waals surface area contributed by atoms with Gasteiger partial charge >= 0.3 is 0 Å². The van der Waals surface area contributed by atoms with Crippen molar-refractivity contribution in [1.82, 2.24) is 10.6 Å². The van der Waals surface area contributed by atoms with Crippen molar-refractivity contribution in [2.75, 3.05) is 0 Å². The van der Waals surface area contributed by atoms with E-state index in [1.54, 1.807) is 0 Å². The SMILES string of the molecule is C[C@H](NC(=O)C[n+]1ccc(-c2cc[n+](CC(=O)N[C@@H](C)c3ccccc3)cc2)cc1)c1ccccc1. The average molecular weight is 481 g/mol. The molecule has 2 atom stereocenters. The summed E-state index contributed by atoms with van der Waals surface area (Å²) in [7, 11) is 0. The molecule has 0 aliphatic heterocycles. The molecule has 182 valence electrons. The zero-order chi connectivity index (χ0) is 25.3. The Balaban J connectivity index is 1.29. The van der Waals surface area contributed by atoms with Gasteiger partial charge in [0, 0.05) is 24.3 Å². The van der Waals surface area contributed by atoms with Crippen LogP contribution in [0.5, 0.6) is 0 Å². The fourth-order valence-electron chi connectivity index (χ4n) is 4.07. The van der Waals surface area contributed by atoms with Gasteiger partial charge in [0.25, 0.3) is 11.8 Å². The molecule has 2 aromatic carbocycles. The summed E-state index contributed by atoms with van der Waals surface area (Å²) in [5.74, 6) is -0.0746. The summed E-state index contributed by atoms with van der Waals surface area (Å²) in [6.07, 6.45) is 7.62. The van der Waals surface area contributed by atoms with E-state index in [1.807, 2.05) is 133 Å². The van der Waals surface area contributed by atoms with Gasteiger partial charge in [0.1, 0.15) is 0 Å². The number of carbonyl (C=O) groups excluding carboxylic acids is 2. The standard InChI is InChI=1S/C30H30N4O2/c1-23(25-9-5-3-6-10-25)31-29(35)21-33-17-13-27(14-18-33)28-15-19-34(20-16-28)22-30(36)32-24(2)26-11-7-4-8-12-26/h3-20,23-24H,21-22H2,1-2H3/p+2/t23-,24-/m0/s1. The molecule has 2 heterocycles. The Morgan fingerprint density at radius 1 is 0.583 bits per heavy atom. The highest BCUT2D eigenvalue weighted by Crippen LogP contribution is 2.16. The van der Waals surface area contributed by atoms with Gasteiger partial charge in [0.2, 0.25) is 13.1 Å². The van der Waals surface area contributed by atoms with Crippen LogP contribution in [-0.2, 0) is 22.7 Å². The summed E-state index contributed by atoms with van der Waals surface area (Å²) in [6, 6.07) is 27.7. The molecule has 2 aromatic heterocycles. The molecule has 0 radical (unpaired) electrons. The van der Waals surface area contributed by atoms with Gasteiger partial charge < -0.3 is 10.6 Å². The Morgan fingerprint density at radius 2 is 0.917 bits per heavy atom. The molecule has 0 spiro atoms. The van der Waals surface area contributed by atoms with E-state index in [2.05, 4.69) is 10.6 Å². The van der Waals surface area contributed by atoms with E-state index in [4.69, 9.17) is 0 Å². The Labute approximate surface area is 212 Å². The molecule has 0 fully saturated rings. The van der Waals surface area contributed by atoms with E-state index >= 15 is 0 Å². The monoisotopic (exact) mass is 480 g/mol. The molecule has 0 aliphatic rings. The van der Waals surface area contributed by atoms with Crippen LogP contribution in [0.2, 0.25) is 0 Å². The lowest BCUT2D eigenvalue weighted by atomic mass is 10.1. The highest BCUT2D eigenvalue weighted by molar-refractivity contribution is 5.75. The topological polar surface area (TPSA) is 66.0 Å². The molecule has 0 aliphatic carbocycles. The second-order valence-corrected chi connectivity index (χ2v) is 8.92. The number of hydrogen-bond donors (Lipinski definition) is 2. The first-order valence-corrected chi connectivity index (χ1v) is 12.1. The van der Waals surface area contributed by atoms with E-state index in [0.717, 1.165) is 22.3 Å². The van der Waals surface area contributed by atoms with Gasteiger partial charge in [0.15, 0.2) is 24.8 Å². The minimum absolute atomic E-state index is 0.0373. The van der Waals surface area contributed by atoms with E-state index in [1.165, 1.54) is 0 Å². The lowest BCUT2D eigenvalue weighted by Crippen LogP contribution is -2.43. The predicted octanol–water partition coefficient (Wildman–Crippen LogP) is 3.68. The summed E-state index contributed by atoms with van der Waals surface area (Å²) >= 11 is 0. The lowest BCUT2D eigenvalue weighted by Gasteiger charge is -2.13. The maximum absolute atomic E-state index is 12.5. The zero-order valence-corrected chi connectivity index (χ0v) is 20.7. The second kappa shape index (κ2) is 11.9. The van der Waals surface area contributed by atoms with Gasteiger partial charge in [0.05, 0.1) is 12.1 Å². The molecule has 6 nitrogen and oxygen atoms in total. The number of nitrogens with one attached hydrogen (secondary N) is 2. The first-order valence-electron chi connectivity index (χ1n) is 12.1. The maximum atomic E-state index is 12.5. The third-order valence-electron chi connectivity index (χ3n) is 6.12. The van der Waals surface area contributed by atoms with Gasteiger partial charge in [-0.3, -0.25) is 9.59 Å². The van der Waals surface area contributed by atoms with Crippen molar-refractivity contribution in [3.63, 3.8) is 0 Å². The van der Waals surface area contributed by atoms with Gasteiger partial charge in [-0.2, -0.15) is 9.13 Å². The molecule has 0 saturated heterocycles. The van der Waals surface area contributed by atoms with E-state index < -0.39 is 0 Å². The molecule has 0 saturated carbocycles. The highest BCUT2D eigenvalue weighted by Gasteiger charge is 2.15. The van der Waals surface area contributed by atoms with E-state index in [-0.39, 0.29) is 37.0 Å². The number of rotatable bonds is 9. The van der Waals surface area contributed by atoms with Crippen molar-refractivity contribution in [2.24, 2.45) is 0 Å². The smallest absolute Gasteiger partial charge is 0.286 e. The number of pyridine rings is 2. The highest BCUT2D eigenvalue weighted by atomic mass is 16.2. The normalized spacial score (nSPS) is 12.4. The van der Waals surface area contributed by atoms with Crippen molar-refractivity contribution in [1.29, 1.82) is 0 Å². The summed E-state index contributed by atoms with van der Waals surface area (Å²) in [5, 5.41) is 6.08. The number of carbonyl (C=O) groups is 2. The van der Waals surface area contributed by atoms with Crippen LogP contribution in [0.3, 0.4) is 0 Å². The van der Waals surface area contributed by atoms with Gasteiger partial charge in [-0.1, -0.05) is 60.7 Å². The lowest BCUT2D eigenvalue weighted by molar-refractivity contribution is -0.684. The first kappa shape index (κ1) is 24.8. The largest absolute Gasteiger partial charge is 0.344 e. The van der Waals surface area contributed by atoms with Crippen molar-refractivity contribution < 1.29 is 18.7 Å². The Hall–Kier alpha value is -4.32. The first-order chi connectivity index (χ1) is 17.5. The minimum atomic E-state index is -0.0433. The van der Waals surface area contributed by atoms with Crippen LogP contribution >= 0.6 is 0 Å². The molecule has 36 heavy (non-hydrogen) atoms. The Bertz CT molecular complexity index is 1170. The van der Waals surface area contributed by atoms with Crippen LogP contribution < -0.4 is 19.8 Å². The number of nitrogens with zero attached hydrogens (tertiary/aromatic N) is 2. The molecule has 4 rings (SSSR count). The average Bonchev–Trinajstić information content (AvgIpc) is 2.90. The van der Waals surface area contributed by atoms with Crippen molar-refractivity contribution in [3.8, 4) is 11.1 Å². The van der Waals surface area contributed by atoms with Crippen molar-refractivity contribution >= 4 is 11.8 Å². The van der Waals surface area contributed by atoms with Crippen LogP contribution in [0, 0.1) is 0 Å². The number of hydrogen-bond acceptors (Lipinski definition) is 2. The summed E-state index contributed by atoms with van der Waals surface area (Å²) in [5.41, 5.74) is 4.24. The zero-order valence-electron chi connectivity index (χ0n) is 20.7. The minimum Gasteiger partial charge on any atom is -0.344 e. The van der Waals surface area contributed by atoms with Crippen LogP contribution in [-0.4, -0.2) is 11.8 Å². The van der Waals surface area contributed by atoms with Crippen molar-refractivity contribution in [2.45, 2.75) is 39.0 Å². The van der Waals surface area contributed by atoms with E-state index in [9.17, 15) is 9.59 Å². The molecule has 0 bridgehead atoms. The number of aromatic nitrogens is 2. The molecule has 2 N–H and O–H groups in total. The summed E-state index contributed by atoms with van der Waals surface area (Å²) in [4.78, 5) is 24.9. The fourth-order valence-corrected chi connectivity index (χ4v) is 4.07. The summed E-state index contributed by atoms with van der Waals surface area (Å²) in [6.45, 7) is 4.47. The van der Waals surface area contributed by atoms with Crippen LogP contribution in [0.25, 0.3) is 11.1 Å². The van der Waals surface area contributed by atoms with Crippen molar-refractivity contribution in [3.05, 3.63) is 121 Å². The Kier molecular flexibility index (Phi) is 8.19. The van der Waals surface area contributed by atoms with Gasteiger partial charge in [-0.25, -0.2) is 0 Å². The summed E-state index contributed by atoms with van der Waals surface area (Å²) < 4.78 is 3.72. The van der Waals surface area contributed by atoms with Crippen LogP contribution in [0.15, 0.2) is 110 Å². The number of benzene rings is 2. The second-order valence-electron chi connectivity index (χ2n) is 8.92. The molecule has 2 amide bonds. The molecule has 0 unspecified atom stereocenters. The fraction of sp³-hybridized carbons (Fsp3) is 0.200. The Morgan fingerprint density at radius 3 is 1.25 bits per heavy atom. The molecule has 6 heteroatoms. The van der Waals surface area contributed by atoms with Crippen LogP contribution in [0.4, 0.5) is 0 Å². The van der Waals surface area contributed by atoms with Gasteiger partial charge in [-0.05, 0) is 36.1 Å². The van der Waals surface area contributed by atoms with Crippen LogP contribution in [0.1, 0.15) is 37.1 Å². The molecular formula is C30H32N4O2+2. The third kappa shape index (κ3) is 6.85. The number of amides is 2. The molecule has 4 aromatic rings. The quantitative estimate of drug-likeness (QED) is 0.359. The predicted molar refractivity (Wildman–Crippen MR) is 138 cm³/mol.